The Kier molecular flexibility index (Phi) is 3.87. The number of carboxylic acids is 1. The molecule has 2 N–H and O–H groups in total. The third-order valence-corrected chi connectivity index (χ3v) is 4.77. The third-order valence-electron chi connectivity index (χ3n) is 4.77. The molecule has 0 unspecified atom stereocenters. The van der Waals surface area contributed by atoms with Crippen molar-refractivity contribution in [3.05, 3.63) is 47.9 Å². The van der Waals surface area contributed by atoms with Gasteiger partial charge in [-0.2, -0.15) is 0 Å². The number of aromatic nitrogens is 4. The van der Waals surface area contributed by atoms with Gasteiger partial charge in [-0.15, -0.1) is 5.10 Å². The van der Waals surface area contributed by atoms with Crippen LogP contribution in [0.4, 0.5) is 0 Å². The normalized spacial score (nSPS) is 19.1. The van der Waals surface area contributed by atoms with E-state index in [1.807, 2.05) is 30.3 Å². The Bertz CT molecular complexity index is 1000. The lowest BCUT2D eigenvalue weighted by Gasteiger charge is -2.32. The highest BCUT2D eigenvalue weighted by Crippen LogP contribution is 2.28. The fraction of sp³-hybridized carbons (Fsp3) is 0.278. The molecule has 0 spiro atoms. The number of nitrogens with zero attached hydrogens (tertiary/aromatic N) is 4. The average Bonchev–Trinajstić information content (AvgIpc) is 2.98. The molecule has 0 atom stereocenters. The molecule has 1 aliphatic rings. The second-order valence-electron chi connectivity index (χ2n) is 6.46. The summed E-state index contributed by atoms with van der Waals surface area (Å²) in [5.41, 5.74) is 2.37. The Labute approximate surface area is 148 Å². The van der Waals surface area contributed by atoms with Gasteiger partial charge in [0.25, 0.3) is 5.91 Å². The predicted octanol–water partition coefficient (Wildman–Crippen LogP) is 1.72. The summed E-state index contributed by atoms with van der Waals surface area (Å²) in [5, 5.41) is 20.9. The molecule has 8 nitrogen and oxygen atoms in total. The quantitative estimate of drug-likeness (QED) is 0.740. The molecular formula is C18H17N5O3. The van der Waals surface area contributed by atoms with Gasteiger partial charge in [-0.05, 0) is 31.9 Å². The first-order valence-corrected chi connectivity index (χ1v) is 8.34. The summed E-state index contributed by atoms with van der Waals surface area (Å²) < 4.78 is 1.60. The molecule has 0 saturated heterocycles. The molecule has 1 aromatic carbocycles. The minimum atomic E-state index is -0.818. The van der Waals surface area contributed by atoms with Gasteiger partial charge < -0.3 is 10.4 Å². The monoisotopic (exact) mass is 351 g/mol. The van der Waals surface area contributed by atoms with E-state index in [-0.39, 0.29) is 23.6 Å². The van der Waals surface area contributed by atoms with Crippen molar-refractivity contribution >= 4 is 22.8 Å². The van der Waals surface area contributed by atoms with Crippen LogP contribution in [-0.2, 0) is 4.79 Å². The van der Waals surface area contributed by atoms with E-state index in [0.29, 0.717) is 18.5 Å². The average molecular weight is 351 g/mol. The zero-order valence-electron chi connectivity index (χ0n) is 14.1. The van der Waals surface area contributed by atoms with Crippen LogP contribution in [0, 0.1) is 12.8 Å². The molecule has 1 amide bonds. The predicted molar refractivity (Wildman–Crippen MR) is 93.0 cm³/mol. The molecular weight excluding hydrogens is 334 g/mol. The van der Waals surface area contributed by atoms with Gasteiger partial charge in [0.05, 0.1) is 22.8 Å². The molecule has 2 heterocycles. The molecule has 3 aromatic rings. The summed E-state index contributed by atoms with van der Waals surface area (Å²) in [4.78, 5) is 27.7. The van der Waals surface area contributed by atoms with E-state index in [1.54, 1.807) is 17.8 Å². The minimum absolute atomic E-state index is 0.132. The van der Waals surface area contributed by atoms with Crippen molar-refractivity contribution in [3.8, 4) is 5.69 Å². The Morgan fingerprint density at radius 1 is 1.23 bits per heavy atom. The van der Waals surface area contributed by atoms with Crippen LogP contribution in [0.5, 0.6) is 0 Å². The first-order valence-electron chi connectivity index (χ1n) is 8.34. The van der Waals surface area contributed by atoms with Gasteiger partial charge in [0.1, 0.15) is 0 Å². The van der Waals surface area contributed by atoms with E-state index in [4.69, 9.17) is 5.11 Å². The number of fused-ring (bicyclic) bond motifs is 1. The Morgan fingerprint density at radius 3 is 2.77 bits per heavy atom. The Morgan fingerprint density at radius 2 is 2.00 bits per heavy atom. The molecule has 1 saturated carbocycles. The number of rotatable bonds is 4. The van der Waals surface area contributed by atoms with Gasteiger partial charge in [-0.1, -0.05) is 23.4 Å². The summed E-state index contributed by atoms with van der Waals surface area (Å²) in [7, 11) is 0. The summed E-state index contributed by atoms with van der Waals surface area (Å²) >= 11 is 0. The first kappa shape index (κ1) is 16.2. The van der Waals surface area contributed by atoms with Gasteiger partial charge in [0.2, 0.25) is 0 Å². The minimum Gasteiger partial charge on any atom is -0.481 e. The molecule has 26 heavy (non-hydrogen) atoms. The van der Waals surface area contributed by atoms with Crippen LogP contribution in [0.1, 0.15) is 29.0 Å². The van der Waals surface area contributed by atoms with Crippen molar-refractivity contribution in [2.45, 2.75) is 25.8 Å². The molecule has 0 radical (unpaired) electrons. The fourth-order valence-corrected chi connectivity index (χ4v) is 3.22. The number of benzene rings is 1. The summed E-state index contributed by atoms with van der Waals surface area (Å²) in [5.74, 6) is -1.53. The van der Waals surface area contributed by atoms with Crippen LogP contribution in [0.15, 0.2) is 36.5 Å². The standard InChI is InChI=1S/C18H17N5O3/c1-10-15(17(24)20-13-8-12(9-13)18(25)26)21-22-23(10)14-6-2-4-11-5-3-7-19-16(11)14/h2-7,12-13H,8-9H2,1H3,(H,20,24)(H,25,26). The molecule has 8 heteroatoms. The smallest absolute Gasteiger partial charge is 0.306 e. The van der Waals surface area contributed by atoms with Crippen molar-refractivity contribution in [2.75, 3.05) is 0 Å². The van der Waals surface area contributed by atoms with Gasteiger partial charge in [-0.25, -0.2) is 4.68 Å². The molecule has 132 valence electrons. The van der Waals surface area contributed by atoms with E-state index < -0.39 is 5.97 Å². The van der Waals surface area contributed by atoms with Crippen LogP contribution < -0.4 is 5.32 Å². The topological polar surface area (TPSA) is 110 Å². The van der Waals surface area contributed by atoms with Crippen LogP contribution in [0.2, 0.25) is 0 Å². The zero-order chi connectivity index (χ0) is 18.3. The van der Waals surface area contributed by atoms with E-state index >= 15 is 0 Å². The highest BCUT2D eigenvalue weighted by Gasteiger charge is 2.36. The number of carbonyl (C=O) groups excluding carboxylic acids is 1. The van der Waals surface area contributed by atoms with E-state index in [9.17, 15) is 9.59 Å². The van der Waals surface area contributed by atoms with E-state index in [1.165, 1.54) is 0 Å². The lowest BCUT2D eigenvalue weighted by Crippen LogP contribution is -2.46. The maximum atomic E-state index is 12.5. The molecule has 0 bridgehead atoms. The molecule has 0 aliphatic heterocycles. The second-order valence-corrected chi connectivity index (χ2v) is 6.46. The van der Waals surface area contributed by atoms with Crippen LogP contribution in [-0.4, -0.2) is 43.0 Å². The number of nitrogens with one attached hydrogen (secondary N) is 1. The van der Waals surface area contributed by atoms with Crippen LogP contribution >= 0.6 is 0 Å². The van der Waals surface area contributed by atoms with Crippen molar-refractivity contribution in [3.63, 3.8) is 0 Å². The first-order chi connectivity index (χ1) is 12.5. The number of pyridine rings is 1. The van der Waals surface area contributed by atoms with Crippen molar-refractivity contribution in [1.82, 2.24) is 25.3 Å². The maximum Gasteiger partial charge on any atom is 0.306 e. The maximum absolute atomic E-state index is 12.5. The summed E-state index contributed by atoms with van der Waals surface area (Å²) in [6.07, 6.45) is 2.60. The molecule has 1 aliphatic carbocycles. The fourth-order valence-electron chi connectivity index (χ4n) is 3.22. The van der Waals surface area contributed by atoms with Crippen molar-refractivity contribution in [1.29, 1.82) is 0 Å². The number of para-hydroxylation sites is 1. The molecule has 4 rings (SSSR count). The highest BCUT2D eigenvalue weighted by atomic mass is 16.4. The molecule has 1 fully saturated rings. The second kappa shape index (κ2) is 6.21. The SMILES string of the molecule is Cc1c(C(=O)NC2CC(C(=O)O)C2)nnn1-c1cccc2cccnc12. The lowest BCUT2D eigenvalue weighted by atomic mass is 9.80. The Balaban J connectivity index is 1.58. The van der Waals surface area contributed by atoms with Crippen molar-refractivity contribution in [2.24, 2.45) is 5.92 Å². The number of carboxylic acid groups (broad SMARTS) is 1. The van der Waals surface area contributed by atoms with Gasteiger partial charge >= 0.3 is 5.97 Å². The summed E-state index contributed by atoms with van der Waals surface area (Å²) in [6, 6.07) is 9.43. The number of hydrogen-bond donors (Lipinski definition) is 2. The number of aliphatic carboxylic acids is 1. The van der Waals surface area contributed by atoms with Crippen molar-refractivity contribution < 1.29 is 14.7 Å². The number of carbonyl (C=O) groups is 2. The van der Waals surface area contributed by atoms with Crippen LogP contribution in [0.3, 0.4) is 0 Å². The number of hydrogen-bond acceptors (Lipinski definition) is 5. The number of amides is 1. The summed E-state index contributed by atoms with van der Waals surface area (Å²) in [6.45, 7) is 1.78. The Hall–Kier alpha value is -3.29. The highest BCUT2D eigenvalue weighted by molar-refractivity contribution is 5.94. The van der Waals surface area contributed by atoms with Gasteiger partial charge in [0.15, 0.2) is 5.69 Å². The van der Waals surface area contributed by atoms with Crippen LogP contribution in [0.25, 0.3) is 16.6 Å². The van der Waals surface area contributed by atoms with Gasteiger partial charge in [-0.3, -0.25) is 14.6 Å². The van der Waals surface area contributed by atoms with E-state index in [0.717, 1.165) is 16.6 Å². The zero-order valence-corrected chi connectivity index (χ0v) is 14.1. The van der Waals surface area contributed by atoms with Gasteiger partial charge in [0, 0.05) is 17.6 Å². The third kappa shape index (κ3) is 2.69. The molecule has 2 aromatic heterocycles. The largest absolute Gasteiger partial charge is 0.481 e. The van der Waals surface area contributed by atoms with E-state index in [2.05, 4.69) is 20.6 Å². The lowest BCUT2D eigenvalue weighted by molar-refractivity contribution is -0.145.